The van der Waals surface area contributed by atoms with E-state index < -0.39 is 0 Å². The molecule has 2 heterocycles. The SMILES string of the molecule is O=C(CSc1nnc(-c2ccc(O)cc2)n1-c1ccccc1)NN=Cc1ccco1. The summed E-state index contributed by atoms with van der Waals surface area (Å²) in [6.07, 6.45) is 2.96. The van der Waals surface area contributed by atoms with Gasteiger partial charge in [0.1, 0.15) is 11.5 Å². The summed E-state index contributed by atoms with van der Waals surface area (Å²) in [5.41, 5.74) is 4.12. The molecule has 2 aromatic heterocycles. The zero-order valence-electron chi connectivity index (χ0n) is 15.7. The number of nitrogens with one attached hydrogen (secondary N) is 1. The largest absolute Gasteiger partial charge is 0.508 e. The molecule has 0 atom stereocenters. The maximum Gasteiger partial charge on any atom is 0.250 e. The smallest absolute Gasteiger partial charge is 0.250 e. The molecule has 0 aliphatic heterocycles. The molecule has 0 bridgehead atoms. The monoisotopic (exact) mass is 419 g/mol. The highest BCUT2D eigenvalue weighted by molar-refractivity contribution is 7.99. The summed E-state index contributed by atoms with van der Waals surface area (Å²) in [5.74, 6) is 1.16. The van der Waals surface area contributed by atoms with Crippen molar-refractivity contribution in [3.63, 3.8) is 0 Å². The number of hydrogen-bond acceptors (Lipinski definition) is 7. The molecule has 30 heavy (non-hydrogen) atoms. The molecule has 1 amide bonds. The van der Waals surface area contributed by atoms with Gasteiger partial charge in [-0.25, -0.2) is 5.43 Å². The van der Waals surface area contributed by atoms with Crippen molar-refractivity contribution in [3.05, 3.63) is 78.8 Å². The minimum Gasteiger partial charge on any atom is -0.508 e. The van der Waals surface area contributed by atoms with Crippen LogP contribution in [0.25, 0.3) is 17.1 Å². The first-order valence-corrected chi connectivity index (χ1v) is 9.98. The molecular weight excluding hydrogens is 402 g/mol. The number of furan rings is 1. The molecule has 0 aliphatic rings. The number of nitrogens with zero attached hydrogens (tertiary/aromatic N) is 4. The van der Waals surface area contributed by atoms with Gasteiger partial charge in [0.15, 0.2) is 11.0 Å². The number of benzene rings is 2. The van der Waals surface area contributed by atoms with Gasteiger partial charge in [0.05, 0.1) is 18.2 Å². The van der Waals surface area contributed by atoms with Gasteiger partial charge in [0.2, 0.25) is 0 Å². The number of para-hydroxylation sites is 1. The topological polar surface area (TPSA) is 106 Å². The first-order chi connectivity index (χ1) is 14.7. The van der Waals surface area contributed by atoms with Crippen molar-refractivity contribution in [2.24, 2.45) is 5.10 Å². The molecule has 0 unspecified atom stereocenters. The van der Waals surface area contributed by atoms with Gasteiger partial charge < -0.3 is 9.52 Å². The summed E-state index contributed by atoms with van der Waals surface area (Å²) in [6, 6.07) is 19.8. The molecule has 9 heteroatoms. The van der Waals surface area contributed by atoms with E-state index in [2.05, 4.69) is 20.7 Å². The Morgan fingerprint density at radius 1 is 1.10 bits per heavy atom. The molecule has 0 spiro atoms. The van der Waals surface area contributed by atoms with Crippen LogP contribution in [0, 0.1) is 0 Å². The van der Waals surface area contributed by atoms with E-state index in [4.69, 9.17) is 4.42 Å². The number of thioether (sulfide) groups is 1. The molecule has 8 nitrogen and oxygen atoms in total. The number of carbonyl (C=O) groups is 1. The van der Waals surface area contributed by atoms with Gasteiger partial charge in [-0.3, -0.25) is 9.36 Å². The Morgan fingerprint density at radius 2 is 1.90 bits per heavy atom. The molecule has 0 radical (unpaired) electrons. The number of aromatic hydroxyl groups is 1. The molecule has 150 valence electrons. The molecular formula is C21H17N5O3S. The summed E-state index contributed by atoms with van der Waals surface area (Å²) in [5, 5.41) is 22.6. The van der Waals surface area contributed by atoms with E-state index in [1.165, 1.54) is 24.2 Å². The first kappa shape index (κ1) is 19.5. The third-order valence-electron chi connectivity index (χ3n) is 4.03. The summed E-state index contributed by atoms with van der Waals surface area (Å²) in [7, 11) is 0. The van der Waals surface area contributed by atoms with E-state index in [1.54, 1.807) is 36.4 Å². The fraction of sp³-hybridized carbons (Fsp3) is 0.0476. The molecule has 0 saturated carbocycles. The van der Waals surface area contributed by atoms with Gasteiger partial charge in [-0.1, -0.05) is 30.0 Å². The second-order valence-electron chi connectivity index (χ2n) is 6.12. The van der Waals surface area contributed by atoms with E-state index in [0.717, 1.165) is 11.3 Å². The molecule has 2 N–H and O–H groups in total. The zero-order chi connectivity index (χ0) is 20.8. The Labute approximate surface area is 176 Å². The number of phenols is 1. The Morgan fingerprint density at radius 3 is 2.63 bits per heavy atom. The maximum atomic E-state index is 12.1. The van der Waals surface area contributed by atoms with Crippen LogP contribution in [0.3, 0.4) is 0 Å². The van der Waals surface area contributed by atoms with Crippen molar-refractivity contribution in [1.29, 1.82) is 0 Å². The van der Waals surface area contributed by atoms with E-state index in [-0.39, 0.29) is 17.4 Å². The highest BCUT2D eigenvalue weighted by Crippen LogP contribution is 2.28. The summed E-state index contributed by atoms with van der Waals surface area (Å²) in [6.45, 7) is 0. The maximum absolute atomic E-state index is 12.1. The van der Waals surface area contributed by atoms with Gasteiger partial charge in [-0.15, -0.1) is 10.2 Å². The Balaban J connectivity index is 1.53. The van der Waals surface area contributed by atoms with Gasteiger partial charge in [0.25, 0.3) is 5.91 Å². The fourth-order valence-electron chi connectivity index (χ4n) is 2.67. The van der Waals surface area contributed by atoms with Crippen LogP contribution < -0.4 is 5.43 Å². The van der Waals surface area contributed by atoms with Crippen LogP contribution in [0.1, 0.15) is 5.76 Å². The number of hydrazone groups is 1. The number of carbonyl (C=O) groups excluding carboxylic acids is 1. The summed E-state index contributed by atoms with van der Waals surface area (Å²) < 4.78 is 6.99. The van der Waals surface area contributed by atoms with E-state index in [1.807, 2.05) is 34.9 Å². The predicted molar refractivity (Wildman–Crippen MR) is 114 cm³/mol. The van der Waals surface area contributed by atoms with Crippen LogP contribution in [0.15, 0.2) is 87.7 Å². The number of amides is 1. The fourth-order valence-corrected chi connectivity index (χ4v) is 3.41. The van der Waals surface area contributed by atoms with Crippen LogP contribution in [-0.4, -0.2) is 37.7 Å². The van der Waals surface area contributed by atoms with Crippen LogP contribution in [-0.2, 0) is 4.79 Å². The lowest BCUT2D eigenvalue weighted by atomic mass is 10.2. The highest BCUT2D eigenvalue weighted by atomic mass is 32.2. The number of rotatable bonds is 7. The molecule has 0 fully saturated rings. The highest BCUT2D eigenvalue weighted by Gasteiger charge is 2.17. The van der Waals surface area contributed by atoms with E-state index in [9.17, 15) is 9.90 Å². The minimum absolute atomic E-state index is 0.107. The third kappa shape index (κ3) is 4.58. The van der Waals surface area contributed by atoms with Crippen LogP contribution in [0.4, 0.5) is 0 Å². The first-order valence-electron chi connectivity index (χ1n) is 8.99. The Bertz CT molecular complexity index is 1140. The molecule has 2 aromatic carbocycles. The Kier molecular flexibility index (Phi) is 5.90. The van der Waals surface area contributed by atoms with Crippen molar-refractivity contribution < 1.29 is 14.3 Å². The second kappa shape index (κ2) is 9.10. The lowest BCUT2D eigenvalue weighted by Crippen LogP contribution is -2.19. The normalized spacial score (nSPS) is 11.1. The molecule has 4 aromatic rings. The second-order valence-corrected chi connectivity index (χ2v) is 7.06. The van der Waals surface area contributed by atoms with Crippen molar-refractivity contribution in [1.82, 2.24) is 20.2 Å². The molecule has 0 saturated heterocycles. The Hall–Kier alpha value is -3.85. The number of aromatic nitrogens is 3. The van der Waals surface area contributed by atoms with E-state index >= 15 is 0 Å². The number of phenolic OH excluding ortho intramolecular Hbond substituents is 1. The zero-order valence-corrected chi connectivity index (χ0v) is 16.5. The lowest BCUT2D eigenvalue weighted by molar-refractivity contribution is -0.118. The minimum atomic E-state index is -0.281. The van der Waals surface area contributed by atoms with Crippen LogP contribution in [0.2, 0.25) is 0 Å². The summed E-state index contributed by atoms with van der Waals surface area (Å²) >= 11 is 1.25. The van der Waals surface area contributed by atoms with Crippen molar-refractivity contribution in [2.45, 2.75) is 5.16 Å². The predicted octanol–water partition coefficient (Wildman–Crippen LogP) is 3.48. The average Bonchev–Trinajstić information content (AvgIpc) is 3.43. The lowest BCUT2D eigenvalue weighted by Gasteiger charge is -2.10. The third-order valence-corrected chi connectivity index (χ3v) is 4.96. The van der Waals surface area contributed by atoms with Crippen molar-refractivity contribution in [3.8, 4) is 22.8 Å². The average molecular weight is 419 g/mol. The summed E-state index contributed by atoms with van der Waals surface area (Å²) in [4.78, 5) is 12.1. The molecule has 0 aliphatic carbocycles. The van der Waals surface area contributed by atoms with Crippen LogP contribution >= 0.6 is 11.8 Å². The van der Waals surface area contributed by atoms with Crippen molar-refractivity contribution in [2.75, 3.05) is 5.75 Å². The number of hydrogen-bond donors (Lipinski definition) is 2. The van der Waals surface area contributed by atoms with Gasteiger partial charge in [0, 0.05) is 11.3 Å². The van der Waals surface area contributed by atoms with Crippen LogP contribution in [0.5, 0.6) is 5.75 Å². The van der Waals surface area contributed by atoms with Gasteiger partial charge in [-0.05, 0) is 48.5 Å². The molecule has 4 rings (SSSR count). The quantitative estimate of drug-likeness (QED) is 0.270. The van der Waals surface area contributed by atoms with Gasteiger partial charge in [-0.2, -0.15) is 5.10 Å². The van der Waals surface area contributed by atoms with Gasteiger partial charge >= 0.3 is 0 Å². The van der Waals surface area contributed by atoms with Crippen molar-refractivity contribution >= 4 is 23.9 Å². The standard InChI is InChI=1S/C21H17N5O3S/c27-17-10-8-15(9-11-17)20-24-25-21(26(20)16-5-2-1-3-6-16)30-14-19(28)23-22-13-18-7-4-12-29-18/h1-13,27H,14H2,(H,23,28). The van der Waals surface area contributed by atoms with E-state index in [0.29, 0.717) is 16.7 Å².